The van der Waals surface area contributed by atoms with Crippen molar-refractivity contribution in [3.63, 3.8) is 0 Å². The van der Waals surface area contributed by atoms with Crippen molar-refractivity contribution in [1.29, 1.82) is 0 Å². The third kappa shape index (κ3) is 1.58. The molecule has 0 radical (unpaired) electrons. The highest BCUT2D eigenvalue weighted by Crippen LogP contribution is 2.41. The fourth-order valence-electron chi connectivity index (χ4n) is 2.63. The first-order valence-corrected chi connectivity index (χ1v) is 7.14. The van der Waals surface area contributed by atoms with E-state index in [2.05, 4.69) is 15.9 Å². The molecule has 0 aliphatic carbocycles. The van der Waals surface area contributed by atoms with Crippen LogP contribution in [0, 0.1) is 6.92 Å². The summed E-state index contributed by atoms with van der Waals surface area (Å²) in [5.74, 6) is 0.557. The van der Waals surface area contributed by atoms with Crippen LogP contribution in [0.5, 0.6) is 5.75 Å². The summed E-state index contributed by atoms with van der Waals surface area (Å²) < 4.78 is 6.82. The van der Waals surface area contributed by atoms with Crippen molar-refractivity contribution in [3.05, 3.63) is 26.7 Å². The van der Waals surface area contributed by atoms with Crippen LogP contribution in [-0.4, -0.2) is 29.5 Å². The largest absolute Gasteiger partial charge is 0.486 e. The van der Waals surface area contributed by atoms with Crippen molar-refractivity contribution in [2.45, 2.75) is 32.4 Å². The number of hydrogen-bond acceptors (Lipinski definition) is 2. The molecule has 3 rings (SSSR count). The van der Waals surface area contributed by atoms with Gasteiger partial charge in [0.15, 0.2) is 5.75 Å². The number of nitrogens with zero attached hydrogens (tertiary/aromatic N) is 1. The van der Waals surface area contributed by atoms with Gasteiger partial charge in [0.25, 0.3) is 5.91 Å². The standard InChI is InChI=1S/C13H13BrClNO2/c1-6-9(14)5-8-12(11(6)15)18-10-3-4-16(7(10)2)13(8)17/h5,7,10H,3-4H2,1-2H3/t7-,10+/m0/s1. The highest BCUT2D eigenvalue weighted by molar-refractivity contribution is 9.10. The highest BCUT2D eigenvalue weighted by atomic mass is 79.9. The zero-order valence-electron chi connectivity index (χ0n) is 10.2. The number of halogens is 2. The molecule has 2 atom stereocenters. The fourth-order valence-corrected chi connectivity index (χ4v) is 3.42. The second kappa shape index (κ2) is 4.14. The summed E-state index contributed by atoms with van der Waals surface area (Å²) in [6.45, 7) is 4.69. The summed E-state index contributed by atoms with van der Waals surface area (Å²) in [4.78, 5) is 14.4. The van der Waals surface area contributed by atoms with E-state index >= 15 is 0 Å². The lowest BCUT2D eigenvalue weighted by Gasteiger charge is -2.20. The molecule has 5 heteroatoms. The molecule has 0 N–H and O–H groups in total. The van der Waals surface area contributed by atoms with Crippen LogP contribution < -0.4 is 4.74 Å². The molecule has 1 amide bonds. The molecule has 0 saturated carbocycles. The van der Waals surface area contributed by atoms with Crippen LogP contribution in [-0.2, 0) is 0 Å². The average molecular weight is 331 g/mol. The van der Waals surface area contributed by atoms with E-state index in [1.807, 2.05) is 24.8 Å². The maximum Gasteiger partial charge on any atom is 0.258 e. The van der Waals surface area contributed by atoms with Gasteiger partial charge < -0.3 is 9.64 Å². The molecular weight excluding hydrogens is 318 g/mol. The summed E-state index contributed by atoms with van der Waals surface area (Å²) in [7, 11) is 0. The molecule has 2 aliphatic rings. The van der Waals surface area contributed by atoms with Crippen LogP contribution in [0.1, 0.15) is 29.3 Å². The van der Waals surface area contributed by atoms with Crippen molar-refractivity contribution in [2.24, 2.45) is 0 Å². The van der Waals surface area contributed by atoms with Crippen LogP contribution >= 0.6 is 27.5 Å². The van der Waals surface area contributed by atoms with Gasteiger partial charge in [0.05, 0.1) is 16.6 Å². The maximum atomic E-state index is 12.5. The van der Waals surface area contributed by atoms with E-state index in [9.17, 15) is 4.79 Å². The first-order chi connectivity index (χ1) is 8.50. The average Bonchev–Trinajstić information content (AvgIpc) is 2.65. The quantitative estimate of drug-likeness (QED) is 0.729. The van der Waals surface area contributed by atoms with Gasteiger partial charge >= 0.3 is 0 Å². The number of ether oxygens (including phenoxy) is 1. The van der Waals surface area contributed by atoms with E-state index in [0.717, 1.165) is 23.0 Å². The summed E-state index contributed by atoms with van der Waals surface area (Å²) in [5.41, 5.74) is 1.47. The first-order valence-electron chi connectivity index (χ1n) is 5.97. The number of fused-ring (bicyclic) bond motifs is 3. The fraction of sp³-hybridized carbons (Fsp3) is 0.462. The third-order valence-corrected chi connectivity index (χ3v) is 5.13. The molecule has 0 aromatic heterocycles. The topological polar surface area (TPSA) is 29.5 Å². The maximum absolute atomic E-state index is 12.5. The summed E-state index contributed by atoms with van der Waals surface area (Å²) in [6, 6.07) is 1.92. The van der Waals surface area contributed by atoms with Gasteiger partial charge in [-0.2, -0.15) is 0 Å². The Kier molecular flexibility index (Phi) is 2.83. The lowest BCUT2D eigenvalue weighted by Crippen LogP contribution is -2.36. The minimum atomic E-state index is 0.0140. The lowest BCUT2D eigenvalue weighted by atomic mass is 10.1. The van der Waals surface area contributed by atoms with Crippen LogP contribution in [0.4, 0.5) is 0 Å². The highest BCUT2D eigenvalue weighted by Gasteiger charge is 2.41. The van der Waals surface area contributed by atoms with Gasteiger partial charge in [0, 0.05) is 17.4 Å². The SMILES string of the molecule is Cc1c(Br)cc2c(c1Cl)O[C@@H]1CCN(C2=O)[C@H]1C. The second-order valence-corrected chi connectivity index (χ2v) is 6.09. The molecule has 1 aromatic carbocycles. The molecule has 2 bridgehead atoms. The Morgan fingerprint density at radius 2 is 2.28 bits per heavy atom. The Hall–Kier alpha value is -0.740. The number of amides is 1. The van der Waals surface area contributed by atoms with Gasteiger partial charge in [-0.1, -0.05) is 27.5 Å². The van der Waals surface area contributed by atoms with Gasteiger partial charge in [-0.15, -0.1) is 0 Å². The van der Waals surface area contributed by atoms with Gasteiger partial charge in [0.1, 0.15) is 6.10 Å². The monoisotopic (exact) mass is 329 g/mol. The van der Waals surface area contributed by atoms with Gasteiger partial charge in [-0.25, -0.2) is 0 Å². The molecular formula is C13H13BrClNO2. The van der Waals surface area contributed by atoms with Crippen molar-refractivity contribution < 1.29 is 9.53 Å². The van der Waals surface area contributed by atoms with E-state index in [4.69, 9.17) is 16.3 Å². The minimum absolute atomic E-state index is 0.0140. The Bertz CT molecular complexity index is 546. The number of benzene rings is 1. The smallest absolute Gasteiger partial charge is 0.258 e. The van der Waals surface area contributed by atoms with Gasteiger partial charge in [0.2, 0.25) is 0 Å². The molecule has 96 valence electrons. The molecule has 18 heavy (non-hydrogen) atoms. The number of carbonyl (C=O) groups is 1. The molecule has 2 aliphatic heterocycles. The minimum Gasteiger partial charge on any atom is -0.486 e. The predicted octanol–water partition coefficient (Wildman–Crippen LogP) is 3.41. The Balaban J connectivity index is 2.22. The molecule has 1 fully saturated rings. The van der Waals surface area contributed by atoms with Gasteiger partial charge in [-0.05, 0) is 25.5 Å². The Labute approximate surface area is 119 Å². The number of carbonyl (C=O) groups excluding carboxylic acids is 1. The first kappa shape index (κ1) is 12.3. The Morgan fingerprint density at radius 1 is 1.56 bits per heavy atom. The van der Waals surface area contributed by atoms with Crippen LogP contribution in [0.25, 0.3) is 0 Å². The summed E-state index contributed by atoms with van der Waals surface area (Å²) >= 11 is 9.75. The van der Waals surface area contributed by atoms with Crippen LogP contribution in [0.3, 0.4) is 0 Å². The zero-order chi connectivity index (χ0) is 13.0. The van der Waals surface area contributed by atoms with Gasteiger partial charge in [-0.3, -0.25) is 4.79 Å². The van der Waals surface area contributed by atoms with Crippen molar-refractivity contribution >= 4 is 33.4 Å². The Morgan fingerprint density at radius 3 is 3.00 bits per heavy atom. The summed E-state index contributed by atoms with van der Waals surface area (Å²) in [5, 5.41) is 0.536. The molecule has 0 spiro atoms. The zero-order valence-corrected chi connectivity index (χ0v) is 12.5. The van der Waals surface area contributed by atoms with E-state index in [0.29, 0.717) is 16.3 Å². The number of hydrogen-bond donors (Lipinski definition) is 0. The van der Waals surface area contributed by atoms with E-state index in [1.54, 1.807) is 0 Å². The van der Waals surface area contributed by atoms with Crippen LogP contribution in [0.2, 0.25) is 5.02 Å². The number of rotatable bonds is 0. The molecule has 0 unspecified atom stereocenters. The predicted molar refractivity (Wildman–Crippen MR) is 73.4 cm³/mol. The van der Waals surface area contributed by atoms with Crippen molar-refractivity contribution in [2.75, 3.05) is 6.54 Å². The van der Waals surface area contributed by atoms with Crippen molar-refractivity contribution in [3.8, 4) is 5.75 Å². The van der Waals surface area contributed by atoms with Crippen molar-refractivity contribution in [1.82, 2.24) is 4.90 Å². The van der Waals surface area contributed by atoms with E-state index in [-0.39, 0.29) is 18.1 Å². The lowest BCUT2D eigenvalue weighted by molar-refractivity contribution is 0.0730. The molecule has 3 nitrogen and oxygen atoms in total. The van der Waals surface area contributed by atoms with E-state index in [1.165, 1.54) is 0 Å². The third-order valence-electron chi connectivity index (χ3n) is 3.85. The van der Waals surface area contributed by atoms with E-state index < -0.39 is 0 Å². The normalized spacial score (nSPS) is 25.8. The molecule has 1 saturated heterocycles. The van der Waals surface area contributed by atoms with Crippen LogP contribution in [0.15, 0.2) is 10.5 Å². The second-order valence-electron chi connectivity index (χ2n) is 4.86. The molecule has 2 heterocycles. The molecule has 1 aromatic rings. The summed E-state index contributed by atoms with van der Waals surface area (Å²) in [6.07, 6.45) is 0.922.